The van der Waals surface area contributed by atoms with Crippen molar-refractivity contribution in [1.29, 1.82) is 0 Å². The molecule has 0 atom stereocenters. The normalized spacial score (nSPS) is 17.9. The zero-order valence-electron chi connectivity index (χ0n) is 13.3. The van der Waals surface area contributed by atoms with Crippen molar-refractivity contribution in [2.24, 2.45) is 0 Å². The highest BCUT2D eigenvalue weighted by Crippen LogP contribution is 2.22. The molecule has 0 radical (unpaired) electrons. The molecule has 1 saturated carbocycles. The number of rotatable bonds is 7. The Morgan fingerprint density at radius 3 is 3.09 bits per heavy atom. The molecule has 1 N–H and O–H groups in total. The largest absolute Gasteiger partial charge is 0.383 e. The van der Waals surface area contributed by atoms with E-state index in [1.54, 1.807) is 7.11 Å². The van der Waals surface area contributed by atoms with Crippen LogP contribution in [-0.4, -0.2) is 42.1 Å². The molecule has 1 aromatic heterocycles. The average Bonchev–Trinajstić information content (AvgIpc) is 2.85. The van der Waals surface area contributed by atoms with Crippen molar-refractivity contribution in [2.45, 2.75) is 57.7 Å². The molecule has 0 saturated heterocycles. The second kappa shape index (κ2) is 7.24. The number of nitrogens with zero attached hydrogens (tertiary/aromatic N) is 2. The average molecular weight is 307 g/mol. The van der Waals surface area contributed by atoms with Gasteiger partial charge >= 0.3 is 0 Å². The Balaban J connectivity index is 1.61. The van der Waals surface area contributed by atoms with Crippen LogP contribution in [0.4, 0.5) is 0 Å². The Hall–Kier alpha value is -1.40. The summed E-state index contributed by atoms with van der Waals surface area (Å²) in [6, 6.07) is 0.406. The van der Waals surface area contributed by atoms with Crippen LogP contribution in [0.25, 0.3) is 0 Å². The lowest BCUT2D eigenvalue weighted by molar-refractivity contribution is -0.122. The highest BCUT2D eigenvalue weighted by atomic mass is 16.5. The standard InChI is InChI=1S/C16H25N3O3/c1-21-10-8-19-15-7-9-22-11-13(15)14(18-19)5-6-16(20)17-12-3-2-4-12/h12H,2-11H2,1H3,(H,17,20). The lowest BCUT2D eigenvalue weighted by Crippen LogP contribution is -2.39. The molecule has 1 aliphatic carbocycles. The third-order valence-electron chi connectivity index (χ3n) is 4.55. The maximum Gasteiger partial charge on any atom is 0.220 e. The van der Waals surface area contributed by atoms with Crippen molar-refractivity contribution in [3.8, 4) is 0 Å². The van der Waals surface area contributed by atoms with Gasteiger partial charge in [0, 0.05) is 43.7 Å². The van der Waals surface area contributed by atoms with Gasteiger partial charge in [-0.05, 0) is 19.3 Å². The number of aryl methyl sites for hydroxylation is 1. The number of methoxy groups -OCH3 is 1. The van der Waals surface area contributed by atoms with Gasteiger partial charge < -0.3 is 14.8 Å². The van der Waals surface area contributed by atoms with Crippen molar-refractivity contribution in [3.05, 3.63) is 17.0 Å². The van der Waals surface area contributed by atoms with Crippen LogP contribution in [0.1, 0.15) is 42.6 Å². The number of hydrogen-bond donors (Lipinski definition) is 1. The van der Waals surface area contributed by atoms with E-state index in [2.05, 4.69) is 5.32 Å². The maximum atomic E-state index is 12.0. The lowest BCUT2D eigenvalue weighted by Gasteiger charge is -2.26. The molecule has 0 unspecified atom stereocenters. The first-order chi connectivity index (χ1) is 10.8. The Morgan fingerprint density at radius 2 is 2.36 bits per heavy atom. The molecular weight excluding hydrogens is 282 g/mol. The fraction of sp³-hybridized carbons (Fsp3) is 0.750. The van der Waals surface area contributed by atoms with Crippen molar-refractivity contribution in [3.63, 3.8) is 0 Å². The second-order valence-corrected chi connectivity index (χ2v) is 6.09. The number of carbonyl (C=O) groups excluding carboxylic acids is 1. The van der Waals surface area contributed by atoms with Crippen molar-refractivity contribution < 1.29 is 14.3 Å². The number of nitrogens with one attached hydrogen (secondary N) is 1. The van der Waals surface area contributed by atoms with Crippen LogP contribution in [0.2, 0.25) is 0 Å². The molecule has 1 aliphatic heterocycles. The molecule has 3 rings (SSSR count). The Kier molecular flexibility index (Phi) is 5.10. The summed E-state index contributed by atoms with van der Waals surface area (Å²) in [5, 5.41) is 7.77. The third kappa shape index (κ3) is 3.50. The van der Waals surface area contributed by atoms with Crippen LogP contribution in [0, 0.1) is 0 Å². The summed E-state index contributed by atoms with van der Waals surface area (Å²) in [6.07, 6.45) is 5.57. The zero-order chi connectivity index (χ0) is 15.4. The van der Waals surface area contributed by atoms with E-state index in [1.807, 2.05) is 4.68 Å². The number of hydrogen-bond acceptors (Lipinski definition) is 4. The van der Waals surface area contributed by atoms with E-state index in [1.165, 1.54) is 17.7 Å². The molecule has 6 heteroatoms. The molecule has 1 fully saturated rings. The fourth-order valence-electron chi connectivity index (χ4n) is 3.03. The predicted octanol–water partition coefficient (Wildman–Crippen LogP) is 1.20. The maximum absolute atomic E-state index is 12.0. The van der Waals surface area contributed by atoms with E-state index in [4.69, 9.17) is 14.6 Å². The van der Waals surface area contributed by atoms with Crippen LogP contribution in [0.5, 0.6) is 0 Å². The Bertz CT molecular complexity index is 523. The number of amides is 1. The van der Waals surface area contributed by atoms with Gasteiger partial charge in [-0.25, -0.2) is 0 Å². The second-order valence-electron chi connectivity index (χ2n) is 6.09. The van der Waals surface area contributed by atoms with E-state index in [0.717, 1.165) is 38.1 Å². The summed E-state index contributed by atoms with van der Waals surface area (Å²) in [5.41, 5.74) is 3.44. The van der Waals surface area contributed by atoms with E-state index in [9.17, 15) is 4.79 Å². The van der Waals surface area contributed by atoms with Gasteiger partial charge in [0.05, 0.1) is 32.1 Å². The van der Waals surface area contributed by atoms with Crippen LogP contribution in [0.3, 0.4) is 0 Å². The zero-order valence-corrected chi connectivity index (χ0v) is 13.3. The summed E-state index contributed by atoms with van der Waals surface area (Å²) < 4.78 is 12.7. The van der Waals surface area contributed by atoms with E-state index in [-0.39, 0.29) is 5.91 Å². The first kappa shape index (κ1) is 15.5. The quantitative estimate of drug-likeness (QED) is 0.822. The van der Waals surface area contributed by atoms with Crippen LogP contribution < -0.4 is 5.32 Å². The van der Waals surface area contributed by atoms with E-state index in [0.29, 0.717) is 32.1 Å². The molecule has 2 heterocycles. The topological polar surface area (TPSA) is 65.4 Å². The van der Waals surface area contributed by atoms with Gasteiger partial charge in [0.1, 0.15) is 0 Å². The van der Waals surface area contributed by atoms with E-state index < -0.39 is 0 Å². The van der Waals surface area contributed by atoms with E-state index >= 15 is 0 Å². The minimum absolute atomic E-state index is 0.140. The number of ether oxygens (including phenoxy) is 2. The number of fused-ring (bicyclic) bond motifs is 1. The lowest BCUT2D eigenvalue weighted by atomic mass is 9.93. The molecule has 1 amide bonds. The first-order valence-electron chi connectivity index (χ1n) is 8.21. The molecule has 1 aromatic rings. The molecule has 2 aliphatic rings. The van der Waals surface area contributed by atoms with Crippen molar-refractivity contribution in [2.75, 3.05) is 20.3 Å². The SMILES string of the molecule is COCCn1nc(CCC(=O)NC2CCC2)c2c1CCOC2. The van der Waals surface area contributed by atoms with Crippen molar-refractivity contribution in [1.82, 2.24) is 15.1 Å². The number of carbonyl (C=O) groups is 1. The van der Waals surface area contributed by atoms with Gasteiger partial charge in [-0.3, -0.25) is 9.48 Å². The summed E-state index contributed by atoms with van der Waals surface area (Å²) in [7, 11) is 1.70. The summed E-state index contributed by atoms with van der Waals surface area (Å²) in [4.78, 5) is 12.0. The van der Waals surface area contributed by atoms with Gasteiger partial charge in [0.25, 0.3) is 0 Å². The van der Waals surface area contributed by atoms with Crippen LogP contribution in [-0.2, 0) is 40.3 Å². The minimum atomic E-state index is 0.140. The number of aromatic nitrogens is 2. The Morgan fingerprint density at radius 1 is 1.50 bits per heavy atom. The first-order valence-corrected chi connectivity index (χ1v) is 8.21. The molecule has 22 heavy (non-hydrogen) atoms. The van der Waals surface area contributed by atoms with Crippen molar-refractivity contribution >= 4 is 5.91 Å². The van der Waals surface area contributed by atoms with Gasteiger partial charge in [0.15, 0.2) is 0 Å². The van der Waals surface area contributed by atoms with Gasteiger partial charge in [0.2, 0.25) is 5.91 Å². The molecule has 122 valence electrons. The smallest absolute Gasteiger partial charge is 0.220 e. The molecule has 0 spiro atoms. The third-order valence-corrected chi connectivity index (χ3v) is 4.55. The molecule has 6 nitrogen and oxygen atoms in total. The molecular formula is C16H25N3O3. The summed E-state index contributed by atoms with van der Waals surface area (Å²) in [6.45, 7) is 2.76. The molecule has 0 bridgehead atoms. The molecule has 0 aromatic carbocycles. The summed E-state index contributed by atoms with van der Waals surface area (Å²) in [5.74, 6) is 0.140. The van der Waals surface area contributed by atoms with Crippen LogP contribution >= 0.6 is 0 Å². The monoisotopic (exact) mass is 307 g/mol. The van der Waals surface area contributed by atoms with Crippen LogP contribution in [0.15, 0.2) is 0 Å². The van der Waals surface area contributed by atoms with Gasteiger partial charge in [-0.1, -0.05) is 0 Å². The Labute approximate surface area is 131 Å². The predicted molar refractivity (Wildman–Crippen MR) is 81.6 cm³/mol. The summed E-state index contributed by atoms with van der Waals surface area (Å²) >= 11 is 0. The van der Waals surface area contributed by atoms with Gasteiger partial charge in [-0.2, -0.15) is 5.10 Å². The van der Waals surface area contributed by atoms with Gasteiger partial charge in [-0.15, -0.1) is 0 Å². The fourth-order valence-corrected chi connectivity index (χ4v) is 3.03. The minimum Gasteiger partial charge on any atom is -0.383 e. The highest BCUT2D eigenvalue weighted by Gasteiger charge is 2.23. The highest BCUT2D eigenvalue weighted by molar-refractivity contribution is 5.76.